The summed E-state index contributed by atoms with van der Waals surface area (Å²) in [6.45, 7) is 5.40. The van der Waals surface area contributed by atoms with Gasteiger partial charge in [0.1, 0.15) is 0 Å². The number of hydrogen-bond donors (Lipinski definition) is 0. The molecule has 4 heteroatoms. The Morgan fingerprint density at radius 2 is 2.43 bits per heavy atom. The van der Waals surface area contributed by atoms with Crippen molar-refractivity contribution in [2.45, 2.75) is 51.7 Å². The van der Waals surface area contributed by atoms with Crippen molar-refractivity contribution in [3.8, 4) is 0 Å². The van der Waals surface area contributed by atoms with Gasteiger partial charge in [0.25, 0.3) is 5.54 Å². The smallest absolute Gasteiger partial charge is 0.379 e. The van der Waals surface area contributed by atoms with Crippen molar-refractivity contribution < 1.29 is 14.3 Å². The highest BCUT2D eigenvalue weighted by Gasteiger charge is 2.46. The van der Waals surface area contributed by atoms with Gasteiger partial charge in [-0.1, -0.05) is 6.92 Å². The molecule has 2 atom stereocenters. The molecule has 14 heavy (non-hydrogen) atoms. The van der Waals surface area contributed by atoms with E-state index in [0.29, 0.717) is 12.8 Å². The summed E-state index contributed by atoms with van der Waals surface area (Å²) < 4.78 is 5.88. The molecule has 0 spiro atoms. The fourth-order valence-electron chi connectivity index (χ4n) is 1.36. The fraction of sp³-hybridized carbons (Fsp3) is 0.800. The molecule has 0 aromatic heterocycles. The van der Waals surface area contributed by atoms with Crippen molar-refractivity contribution in [2.75, 3.05) is 0 Å². The first-order valence-electron chi connectivity index (χ1n) is 5.01. The second-order valence-electron chi connectivity index (χ2n) is 3.95. The molecule has 0 N–H and O–H groups in total. The van der Waals surface area contributed by atoms with Gasteiger partial charge in [0.2, 0.25) is 0 Å². The van der Waals surface area contributed by atoms with E-state index in [1.807, 2.05) is 13.8 Å². The zero-order valence-corrected chi connectivity index (χ0v) is 8.95. The lowest BCUT2D eigenvalue weighted by molar-refractivity contribution is -0.518. The van der Waals surface area contributed by atoms with E-state index < -0.39 is 11.5 Å². The molecule has 0 aliphatic carbocycles. The molecule has 80 valence electrons. The number of rotatable bonds is 3. The Hall–Kier alpha value is -1.06. The minimum Gasteiger partial charge on any atom is -0.623 e. The summed E-state index contributed by atoms with van der Waals surface area (Å²) in [6.07, 6.45) is 3.34. The van der Waals surface area contributed by atoms with E-state index in [0.717, 1.165) is 11.2 Å². The molecule has 0 amide bonds. The van der Waals surface area contributed by atoms with Gasteiger partial charge in [-0.2, -0.15) is 4.74 Å². The van der Waals surface area contributed by atoms with Crippen molar-refractivity contribution in [2.24, 2.45) is 0 Å². The normalized spacial score (nSPS) is 28.4. The summed E-state index contributed by atoms with van der Waals surface area (Å²) in [4.78, 5) is 11.7. The van der Waals surface area contributed by atoms with Gasteiger partial charge in [0, 0.05) is 19.8 Å². The summed E-state index contributed by atoms with van der Waals surface area (Å²) in [6, 6.07) is 0. The van der Waals surface area contributed by atoms with Crippen LogP contribution in [0.5, 0.6) is 0 Å². The summed E-state index contributed by atoms with van der Waals surface area (Å²) in [5, 5.41) is 11.4. The second-order valence-corrected chi connectivity index (χ2v) is 3.95. The molecule has 0 saturated heterocycles. The lowest BCUT2D eigenvalue weighted by Gasteiger charge is -2.23. The Labute approximate surface area is 84.1 Å². The average molecular weight is 199 g/mol. The van der Waals surface area contributed by atoms with Crippen molar-refractivity contribution in [3.05, 3.63) is 5.21 Å². The van der Waals surface area contributed by atoms with Crippen molar-refractivity contribution in [1.29, 1.82) is 0 Å². The van der Waals surface area contributed by atoms with Crippen molar-refractivity contribution in [1.82, 2.24) is 0 Å². The summed E-state index contributed by atoms with van der Waals surface area (Å²) in [7, 11) is 0. The number of carbonyl (C=O) groups excluding carboxylic acids is 1. The van der Waals surface area contributed by atoms with Crippen LogP contribution in [0.4, 0.5) is 0 Å². The van der Waals surface area contributed by atoms with Crippen LogP contribution in [0, 0.1) is 5.21 Å². The third kappa shape index (κ3) is 1.89. The first-order chi connectivity index (χ1) is 6.50. The molecule has 0 fully saturated rings. The molecule has 1 aliphatic rings. The Balaban J connectivity index is 2.65. The highest BCUT2D eigenvalue weighted by Crippen LogP contribution is 2.23. The summed E-state index contributed by atoms with van der Waals surface area (Å²) in [5.74, 6) is -0.407. The second kappa shape index (κ2) is 3.98. The van der Waals surface area contributed by atoms with Crippen LogP contribution in [0.1, 0.15) is 40.0 Å². The molecule has 0 saturated carbocycles. The monoisotopic (exact) mass is 199 g/mol. The molecular formula is C10H17NO3. The summed E-state index contributed by atoms with van der Waals surface area (Å²) in [5.41, 5.74) is -0.997. The van der Waals surface area contributed by atoms with E-state index in [2.05, 4.69) is 0 Å². The van der Waals surface area contributed by atoms with Crippen LogP contribution in [0.3, 0.4) is 0 Å². The number of ether oxygens (including phenoxy) is 1. The van der Waals surface area contributed by atoms with E-state index in [1.165, 1.54) is 6.21 Å². The Morgan fingerprint density at radius 1 is 1.79 bits per heavy atom. The molecule has 0 aromatic rings. The standard InChI is InChI=1S/C10H17NO3/c1-4-8(2)14-9(12)10(3)6-5-7-11(10)13/h7-8H,4-6H2,1-3H3. The zero-order chi connectivity index (χ0) is 10.8. The maximum atomic E-state index is 11.7. The lowest BCUT2D eigenvalue weighted by atomic mass is 10.00. The molecule has 0 bridgehead atoms. The fourth-order valence-corrected chi connectivity index (χ4v) is 1.36. The van der Waals surface area contributed by atoms with Gasteiger partial charge in [-0.25, -0.2) is 4.79 Å². The van der Waals surface area contributed by atoms with E-state index in [1.54, 1.807) is 6.92 Å². The van der Waals surface area contributed by atoms with E-state index in [-0.39, 0.29) is 6.10 Å². The van der Waals surface area contributed by atoms with Crippen LogP contribution >= 0.6 is 0 Å². The van der Waals surface area contributed by atoms with E-state index in [4.69, 9.17) is 4.74 Å². The van der Waals surface area contributed by atoms with Gasteiger partial charge in [0.15, 0.2) is 6.21 Å². The van der Waals surface area contributed by atoms with E-state index in [9.17, 15) is 10.0 Å². The number of hydrogen-bond acceptors (Lipinski definition) is 3. The predicted octanol–water partition coefficient (Wildman–Crippen LogP) is 1.46. The molecule has 0 radical (unpaired) electrons. The Bertz CT molecular complexity index is 262. The van der Waals surface area contributed by atoms with Crippen LogP contribution in [-0.2, 0) is 9.53 Å². The van der Waals surface area contributed by atoms with E-state index >= 15 is 0 Å². The van der Waals surface area contributed by atoms with Crippen LogP contribution in [0.15, 0.2) is 0 Å². The Kier molecular flexibility index (Phi) is 3.13. The minimum absolute atomic E-state index is 0.117. The molecule has 4 nitrogen and oxygen atoms in total. The van der Waals surface area contributed by atoms with Crippen LogP contribution in [0.2, 0.25) is 0 Å². The SMILES string of the molecule is CCC(C)OC(=O)C1(C)CCC=[N+]1[O-]. The van der Waals surface area contributed by atoms with Crippen molar-refractivity contribution >= 4 is 12.2 Å². The predicted molar refractivity (Wildman–Crippen MR) is 53.2 cm³/mol. The highest BCUT2D eigenvalue weighted by atomic mass is 16.6. The maximum Gasteiger partial charge on any atom is 0.379 e. The topological polar surface area (TPSA) is 52.4 Å². The first-order valence-corrected chi connectivity index (χ1v) is 5.01. The number of carbonyl (C=O) groups is 1. The molecule has 0 aromatic carbocycles. The van der Waals surface area contributed by atoms with Crippen LogP contribution in [0.25, 0.3) is 0 Å². The molecule has 1 rings (SSSR count). The highest BCUT2D eigenvalue weighted by molar-refractivity contribution is 5.81. The van der Waals surface area contributed by atoms with Gasteiger partial charge in [-0.05, 0) is 13.3 Å². The molecule has 1 heterocycles. The summed E-state index contributed by atoms with van der Waals surface area (Å²) >= 11 is 0. The number of nitrogens with zero attached hydrogens (tertiary/aromatic N) is 1. The van der Waals surface area contributed by atoms with Gasteiger partial charge < -0.3 is 9.94 Å². The van der Waals surface area contributed by atoms with Gasteiger partial charge >= 0.3 is 5.97 Å². The average Bonchev–Trinajstić information content (AvgIpc) is 2.48. The van der Waals surface area contributed by atoms with Crippen molar-refractivity contribution in [3.63, 3.8) is 0 Å². The van der Waals surface area contributed by atoms with Crippen LogP contribution < -0.4 is 0 Å². The van der Waals surface area contributed by atoms with Crippen LogP contribution in [-0.4, -0.2) is 28.6 Å². The molecular weight excluding hydrogens is 182 g/mol. The molecule has 2 unspecified atom stereocenters. The number of hydroxylamine groups is 1. The van der Waals surface area contributed by atoms with Gasteiger partial charge in [-0.3, -0.25) is 0 Å². The zero-order valence-electron chi connectivity index (χ0n) is 8.95. The first kappa shape index (κ1) is 11.0. The van der Waals surface area contributed by atoms with Gasteiger partial charge in [-0.15, -0.1) is 0 Å². The minimum atomic E-state index is -0.997. The quantitative estimate of drug-likeness (QED) is 0.393. The Morgan fingerprint density at radius 3 is 2.86 bits per heavy atom. The third-order valence-electron chi connectivity index (χ3n) is 2.74. The molecule has 1 aliphatic heterocycles. The lowest BCUT2D eigenvalue weighted by Crippen LogP contribution is -2.43. The third-order valence-corrected chi connectivity index (χ3v) is 2.74. The van der Waals surface area contributed by atoms with Gasteiger partial charge in [0.05, 0.1) is 6.10 Å². The largest absolute Gasteiger partial charge is 0.623 e. The number of esters is 1. The maximum absolute atomic E-state index is 11.7.